The van der Waals surface area contributed by atoms with Gasteiger partial charge in [-0.25, -0.2) is 13.5 Å². The Morgan fingerprint density at radius 1 is 0.932 bits per heavy atom. The van der Waals surface area contributed by atoms with E-state index < -0.39 is 16.9 Å². The van der Waals surface area contributed by atoms with Crippen molar-refractivity contribution < 1.29 is 23.2 Å². The van der Waals surface area contributed by atoms with Gasteiger partial charge < -0.3 is 9.80 Å². The summed E-state index contributed by atoms with van der Waals surface area (Å²) in [5, 5.41) is 4.29. The Labute approximate surface area is 258 Å². The smallest absolute Gasteiger partial charge is 0.242 e. The van der Waals surface area contributed by atoms with Gasteiger partial charge in [0.15, 0.2) is 0 Å². The van der Waals surface area contributed by atoms with E-state index >= 15 is 4.39 Å². The fourth-order valence-electron chi connectivity index (χ4n) is 5.66. The molecule has 0 saturated carbocycles. The number of benzene rings is 3. The summed E-state index contributed by atoms with van der Waals surface area (Å²) in [4.78, 5) is 44.3. The molecule has 3 aromatic carbocycles. The summed E-state index contributed by atoms with van der Waals surface area (Å²) in [6.45, 7) is 4.77. The average Bonchev–Trinajstić information content (AvgIpc) is 3.35. The summed E-state index contributed by atoms with van der Waals surface area (Å²) >= 11 is 1.22. The van der Waals surface area contributed by atoms with Crippen LogP contribution in [0, 0.1) is 18.6 Å². The lowest BCUT2D eigenvalue weighted by Crippen LogP contribution is -2.53. The van der Waals surface area contributed by atoms with Gasteiger partial charge in [0.1, 0.15) is 24.0 Å². The van der Waals surface area contributed by atoms with Crippen molar-refractivity contribution in [2.24, 2.45) is 0 Å². The van der Waals surface area contributed by atoms with E-state index in [-0.39, 0.29) is 35.6 Å². The van der Waals surface area contributed by atoms with Crippen LogP contribution in [0.5, 0.6) is 0 Å². The van der Waals surface area contributed by atoms with Gasteiger partial charge in [-0.1, -0.05) is 54.1 Å². The first-order valence-corrected chi connectivity index (χ1v) is 15.4. The number of rotatable bonds is 5. The Bertz CT molecular complexity index is 1720. The van der Waals surface area contributed by atoms with Crippen molar-refractivity contribution in [2.75, 3.05) is 43.4 Å². The van der Waals surface area contributed by atoms with Crippen molar-refractivity contribution in [3.05, 3.63) is 101 Å². The van der Waals surface area contributed by atoms with Gasteiger partial charge in [0, 0.05) is 55.9 Å². The lowest BCUT2D eigenvalue weighted by Gasteiger charge is -2.35. The molecule has 0 N–H and O–H groups in total. The van der Waals surface area contributed by atoms with E-state index in [4.69, 9.17) is 5.10 Å². The van der Waals surface area contributed by atoms with E-state index in [9.17, 15) is 18.8 Å². The molecule has 0 unspecified atom stereocenters. The molecular formula is C33H31F2N5O3S. The maximum absolute atomic E-state index is 15.4. The number of aryl methyl sites for hydroxylation is 1. The lowest BCUT2D eigenvalue weighted by atomic mass is 9.99. The molecule has 1 fully saturated rings. The number of aromatic nitrogens is 2. The number of amides is 3. The summed E-state index contributed by atoms with van der Waals surface area (Å²) in [5.41, 5.74) is 3.77. The molecule has 0 aliphatic carbocycles. The molecule has 226 valence electrons. The van der Waals surface area contributed by atoms with Crippen LogP contribution in [0.15, 0.2) is 72.8 Å². The molecule has 1 saturated heterocycles. The molecule has 2 aliphatic heterocycles. The van der Waals surface area contributed by atoms with Crippen LogP contribution in [0.1, 0.15) is 28.9 Å². The molecule has 1 atom stereocenters. The summed E-state index contributed by atoms with van der Waals surface area (Å²) in [6, 6.07) is 20.5. The van der Waals surface area contributed by atoms with E-state index in [1.807, 2.05) is 61.5 Å². The highest BCUT2D eigenvalue weighted by Crippen LogP contribution is 2.49. The number of piperazine rings is 1. The predicted molar refractivity (Wildman–Crippen MR) is 166 cm³/mol. The Balaban J connectivity index is 1.52. The SMILES string of the molecule is CC(=O)N1CCN(C(=O)CN2C(=O)CS[C@@H](c3ccc(F)cc3F)c3c(-c4ccccc4)nn(-c4ccc(C)cc4)c32)CC1. The van der Waals surface area contributed by atoms with Crippen LogP contribution in [-0.4, -0.2) is 75.8 Å². The molecule has 1 aromatic heterocycles. The van der Waals surface area contributed by atoms with Gasteiger partial charge in [0.25, 0.3) is 0 Å². The van der Waals surface area contributed by atoms with Crippen molar-refractivity contribution >= 4 is 35.3 Å². The van der Waals surface area contributed by atoms with Gasteiger partial charge in [-0.3, -0.25) is 19.3 Å². The summed E-state index contributed by atoms with van der Waals surface area (Å²) in [5.74, 6) is -1.73. The van der Waals surface area contributed by atoms with E-state index in [2.05, 4.69) is 0 Å². The second kappa shape index (κ2) is 12.2. The third-order valence-corrected chi connectivity index (χ3v) is 9.27. The fourth-order valence-corrected chi connectivity index (χ4v) is 6.88. The average molecular weight is 616 g/mol. The zero-order valence-corrected chi connectivity index (χ0v) is 25.2. The van der Waals surface area contributed by atoms with Gasteiger partial charge in [-0.15, -0.1) is 11.8 Å². The first kappa shape index (κ1) is 29.6. The minimum Gasteiger partial charge on any atom is -0.339 e. The summed E-state index contributed by atoms with van der Waals surface area (Å²) in [7, 11) is 0. The maximum Gasteiger partial charge on any atom is 0.242 e. The number of nitrogens with zero attached hydrogens (tertiary/aromatic N) is 5. The number of fused-ring (bicyclic) bond motifs is 1. The fraction of sp³-hybridized carbons (Fsp3) is 0.273. The molecule has 3 amide bonds. The van der Waals surface area contributed by atoms with Crippen LogP contribution >= 0.6 is 11.8 Å². The maximum atomic E-state index is 15.4. The predicted octanol–water partition coefficient (Wildman–Crippen LogP) is 4.99. The largest absolute Gasteiger partial charge is 0.339 e. The highest BCUT2D eigenvalue weighted by Gasteiger charge is 2.39. The quantitative estimate of drug-likeness (QED) is 0.316. The molecule has 0 spiro atoms. The van der Waals surface area contributed by atoms with Gasteiger partial charge in [-0.2, -0.15) is 5.10 Å². The number of hydrogen-bond acceptors (Lipinski definition) is 5. The van der Waals surface area contributed by atoms with E-state index in [0.29, 0.717) is 48.9 Å². The molecular weight excluding hydrogens is 584 g/mol. The zero-order chi connectivity index (χ0) is 31.0. The Morgan fingerprint density at radius 2 is 1.61 bits per heavy atom. The molecule has 0 bridgehead atoms. The van der Waals surface area contributed by atoms with Crippen LogP contribution in [0.25, 0.3) is 16.9 Å². The van der Waals surface area contributed by atoms with E-state index in [0.717, 1.165) is 17.2 Å². The van der Waals surface area contributed by atoms with Crippen molar-refractivity contribution in [1.82, 2.24) is 19.6 Å². The van der Waals surface area contributed by atoms with Crippen LogP contribution in [0.3, 0.4) is 0 Å². The molecule has 3 heterocycles. The summed E-state index contributed by atoms with van der Waals surface area (Å²) in [6.07, 6.45) is 0. The highest BCUT2D eigenvalue weighted by atomic mass is 32.2. The Morgan fingerprint density at radius 3 is 2.27 bits per heavy atom. The van der Waals surface area contributed by atoms with Crippen molar-refractivity contribution in [3.8, 4) is 16.9 Å². The molecule has 44 heavy (non-hydrogen) atoms. The van der Waals surface area contributed by atoms with Crippen molar-refractivity contribution in [1.29, 1.82) is 0 Å². The number of carbonyl (C=O) groups excluding carboxylic acids is 3. The number of thioether (sulfide) groups is 1. The van der Waals surface area contributed by atoms with Crippen LogP contribution in [-0.2, 0) is 14.4 Å². The molecule has 2 aliphatic rings. The Kier molecular flexibility index (Phi) is 8.22. The lowest BCUT2D eigenvalue weighted by molar-refractivity contribution is -0.137. The number of hydrogen-bond donors (Lipinski definition) is 0. The third kappa shape index (κ3) is 5.71. The van der Waals surface area contributed by atoms with Gasteiger partial charge in [-0.05, 0) is 25.1 Å². The highest BCUT2D eigenvalue weighted by molar-refractivity contribution is 8.00. The summed E-state index contributed by atoms with van der Waals surface area (Å²) < 4.78 is 31.1. The van der Waals surface area contributed by atoms with Crippen molar-refractivity contribution in [2.45, 2.75) is 19.1 Å². The molecule has 8 nitrogen and oxygen atoms in total. The molecule has 6 rings (SSSR count). The first-order chi connectivity index (χ1) is 21.2. The minimum absolute atomic E-state index is 0.0380. The molecule has 0 radical (unpaired) electrons. The van der Waals surface area contributed by atoms with Gasteiger partial charge in [0.2, 0.25) is 17.7 Å². The minimum atomic E-state index is -0.726. The van der Waals surface area contributed by atoms with Crippen LogP contribution in [0.2, 0.25) is 0 Å². The van der Waals surface area contributed by atoms with Crippen molar-refractivity contribution in [3.63, 3.8) is 0 Å². The van der Waals surface area contributed by atoms with Gasteiger partial charge >= 0.3 is 0 Å². The Hall–Kier alpha value is -4.51. The topological polar surface area (TPSA) is 78.8 Å². The van der Waals surface area contributed by atoms with Gasteiger partial charge in [0.05, 0.1) is 22.4 Å². The standard InChI is InChI=1S/C33H31F2N5O3S/c1-21-8-11-25(12-9-21)40-33-30(31(36-40)23-6-4-3-5-7-23)32(26-13-10-24(34)18-27(26)35)44-20-29(43)39(33)19-28(42)38-16-14-37(15-17-38)22(2)41/h3-13,18,32H,14-17,19-20H2,1-2H3/t32-/m0/s1. The molecule has 11 heteroatoms. The monoisotopic (exact) mass is 615 g/mol. The number of halogens is 2. The first-order valence-electron chi connectivity index (χ1n) is 14.4. The number of carbonyl (C=O) groups is 3. The van der Waals surface area contributed by atoms with Crippen LogP contribution < -0.4 is 4.90 Å². The van der Waals surface area contributed by atoms with E-state index in [1.54, 1.807) is 14.5 Å². The third-order valence-electron chi connectivity index (χ3n) is 8.03. The zero-order valence-electron chi connectivity index (χ0n) is 24.4. The normalized spacial score (nSPS) is 17.0. The molecule has 4 aromatic rings. The van der Waals surface area contributed by atoms with Crippen LogP contribution in [0.4, 0.5) is 14.6 Å². The number of anilines is 1. The second-order valence-corrected chi connectivity index (χ2v) is 12.0. The van der Waals surface area contributed by atoms with E-state index in [1.165, 1.54) is 35.7 Å². The second-order valence-electron chi connectivity index (χ2n) is 10.9.